The van der Waals surface area contributed by atoms with Gasteiger partial charge in [0.05, 0.1) is 0 Å². The van der Waals surface area contributed by atoms with Crippen LogP contribution in [-0.2, 0) is 0 Å². The molecule has 0 saturated heterocycles. The van der Waals surface area contributed by atoms with Gasteiger partial charge in [-0.05, 0) is 42.4 Å². The minimum atomic E-state index is 0.718. The van der Waals surface area contributed by atoms with E-state index in [0.29, 0.717) is 0 Å². The van der Waals surface area contributed by atoms with Crippen molar-refractivity contribution >= 4 is 0 Å². The van der Waals surface area contributed by atoms with Gasteiger partial charge in [0.25, 0.3) is 0 Å². The van der Waals surface area contributed by atoms with Crippen molar-refractivity contribution in [2.75, 3.05) is 0 Å². The van der Waals surface area contributed by atoms with Gasteiger partial charge in [0.2, 0.25) is 0 Å². The second-order valence-corrected chi connectivity index (χ2v) is 7.60. The molecule has 180 valence electrons. The zero-order valence-electron chi connectivity index (χ0n) is 24.6. The minimum absolute atomic E-state index is 0.718. The molecule has 0 spiro atoms. The predicted octanol–water partition coefficient (Wildman–Crippen LogP) is 11.6. The van der Waals surface area contributed by atoms with Crippen LogP contribution in [0.4, 0.5) is 0 Å². The average Bonchev–Trinajstić information content (AvgIpc) is 2.68. The van der Waals surface area contributed by atoms with Gasteiger partial charge < -0.3 is 0 Å². The van der Waals surface area contributed by atoms with Crippen molar-refractivity contribution in [3.63, 3.8) is 0 Å². The highest BCUT2D eigenvalue weighted by Gasteiger charge is 2.09. The summed E-state index contributed by atoms with van der Waals surface area (Å²) in [6, 6.07) is 0. The van der Waals surface area contributed by atoms with Gasteiger partial charge in [-0.15, -0.1) is 0 Å². The Balaban J connectivity index is -0.0000000403. The minimum Gasteiger partial charge on any atom is -0.0914 e. The summed E-state index contributed by atoms with van der Waals surface area (Å²) >= 11 is 0. The standard InChI is InChI=1S/C8H18.C6H14.C6H12.4C2H6/c1-6(2)8(5)7(3)4;1-5(2)6(3)4;1-4-5-6(2)3;4*1-2/h6-8H,1-5H3;5-6H,1-4H3;4-6H,1-3H3;4*1-2H3. The molecule has 0 amide bonds. The first-order valence-electron chi connectivity index (χ1n) is 12.6. The second-order valence-electron chi connectivity index (χ2n) is 7.60. The summed E-state index contributed by atoms with van der Waals surface area (Å²) in [5.74, 6) is 4.98. The van der Waals surface area contributed by atoms with Crippen LogP contribution in [-0.4, -0.2) is 0 Å². The zero-order chi connectivity index (χ0) is 24.9. The molecule has 0 N–H and O–H groups in total. The summed E-state index contributed by atoms with van der Waals surface area (Å²) in [6.45, 7) is 42.8. The van der Waals surface area contributed by atoms with Gasteiger partial charge in [0.1, 0.15) is 0 Å². The van der Waals surface area contributed by atoms with E-state index in [9.17, 15) is 0 Å². The molecular formula is C28H68. The van der Waals surface area contributed by atoms with Gasteiger partial charge in [0.15, 0.2) is 0 Å². The Morgan fingerprint density at radius 3 is 0.607 bits per heavy atom. The van der Waals surface area contributed by atoms with Crippen LogP contribution in [0.1, 0.15) is 138 Å². The van der Waals surface area contributed by atoms with E-state index in [1.807, 2.05) is 62.3 Å². The molecule has 0 aliphatic heterocycles. The van der Waals surface area contributed by atoms with E-state index in [0.717, 1.165) is 35.5 Å². The van der Waals surface area contributed by atoms with Crippen LogP contribution in [0.3, 0.4) is 0 Å². The van der Waals surface area contributed by atoms with Gasteiger partial charge in [-0.1, -0.05) is 144 Å². The molecule has 0 aromatic heterocycles. The maximum atomic E-state index is 2.31. The lowest BCUT2D eigenvalue weighted by Crippen LogP contribution is -2.10. The van der Waals surface area contributed by atoms with E-state index in [2.05, 4.69) is 88.3 Å². The Morgan fingerprint density at radius 2 is 0.607 bits per heavy atom. The largest absolute Gasteiger partial charge is 0.0914 e. The predicted molar refractivity (Wildman–Crippen MR) is 144 cm³/mol. The summed E-state index contributed by atoms with van der Waals surface area (Å²) in [5, 5.41) is 0. The highest BCUT2D eigenvalue weighted by molar-refractivity contribution is 4.79. The van der Waals surface area contributed by atoms with Crippen molar-refractivity contribution in [2.45, 2.75) is 138 Å². The van der Waals surface area contributed by atoms with Crippen LogP contribution in [0.5, 0.6) is 0 Å². The number of hydrogen-bond acceptors (Lipinski definition) is 0. The first kappa shape index (κ1) is 46.1. The molecule has 0 atom stereocenters. The average molecular weight is 405 g/mol. The third-order valence-electron chi connectivity index (χ3n) is 4.01. The highest BCUT2D eigenvalue weighted by atomic mass is 14.2. The Hall–Kier alpha value is -0.260. The monoisotopic (exact) mass is 405 g/mol. The van der Waals surface area contributed by atoms with Crippen molar-refractivity contribution < 1.29 is 0 Å². The summed E-state index contributed by atoms with van der Waals surface area (Å²) in [5.41, 5.74) is 0. The Bertz CT molecular complexity index is 180. The highest BCUT2D eigenvalue weighted by Crippen LogP contribution is 2.18. The van der Waals surface area contributed by atoms with Gasteiger partial charge in [-0.2, -0.15) is 0 Å². The van der Waals surface area contributed by atoms with Crippen LogP contribution in [0, 0.1) is 35.5 Å². The molecule has 0 fully saturated rings. The van der Waals surface area contributed by atoms with E-state index in [1.165, 1.54) is 0 Å². The lowest BCUT2D eigenvalue weighted by Gasteiger charge is -2.18. The maximum Gasteiger partial charge on any atom is -0.0291 e. The summed E-state index contributed by atoms with van der Waals surface area (Å²) < 4.78 is 0. The maximum absolute atomic E-state index is 2.31. The lowest BCUT2D eigenvalue weighted by molar-refractivity contribution is 0.316. The van der Waals surface area contributed by atoms with E-state index in [1.54, 1.807) is 0 Å². The van der Waals surface area contributed by atoms with Gasteiger partial charge in [-0.25, -0.2) is 0 Å². The van der Waals surface area contributed by atoms with Crippen molar-refractivity contribution in [3.8, 4) is 0 Å². The molecule has 0 aliphatic carbocycles. The van der Waals surface area contributed by atoms with Gasteiger partial charge in [0, 0.05) is 0 Å². The Kier molecular flexibility index (Phi) is 74.9. The molecule has 0 unspecified atom stereocenters. The normalized spacial score (nSPS) is 9.07. The van der Waals surface area contributed by atoms with Crippen LogP contribution in [0.2, 0.25) is 0 Å². The van der Waals surface area contributed by atoms with E-state index in [4.69, 9.17) is 0 Å². The molecule has 0 aromatic rings. The van der Waals surface area contributed by atoms with Crippen LogP contribution < -0.4 is 0 Å². The Morgan fingerprint density at radius 1 is 0.393 bits per heavy atom. The van der Waals surface area contributed by atoms with E-state index >= 15 is 0 Å². The topological polar surface area (TPSA) is 0 Å². The molecule has 0 saturated carbocycles. The first-order chi connectivity index (χ1) is 13.0. The molecule has 0 bridgehead atoms. The van der Waals surface area contributed by atoms with Crippen molar-refractivity contribution in [2.24, 2.45) is 35.5 Å². The van der Waals surface area contributed by atoms with Crippen molar-refractivity contribution in [1.82, 2.24) is 0 Å². The summed E-state index contributed by atoms with van der Waals surface area (Å²) in [7, 11) is 0. The zero-order valence-corrected chi connectivity index (χ0v) is 24.6. The smallest absolute Gasteiger partial charge is 0.0291 e. The molecule has 0 aliphatic rings. The fourth-order valence-electron chi connectivity index (χ4n) is 1.15. The fraction of sp³-hybridized carbons (Fsp3) is 0.929. The molecule has 0 heteroatoms. The second kappa shape index (κ2) is 45.5. The quantitative estimate of drug-likeness (QED) is 0.408. The number of rotatable bonds is 4. The molecule has 28 heavy (non-hydrogen) atoms. The SMILES string of the molecule is CC.CC.CC.CC.CC(C)C(C)C.CC(C)C(C)C(C)C.CC=CC(C)C. The molecular weight excluding hydrogens is 336 g/mol. The van der Waals surface area contributed by atoms with Gasteiger partial charge >= 0.3 is 0 Å². The van der Waals surface area contributed by atoms with Crippen molar-refractivity contribution in [1.29, 1.82) is 0 Å². The Labute approximate surface area is 186 Å². The summed E-state index contributed by atoms with van der Waals surface area (Å²) in [6.07, 6.45) is 4.24. The van der Waals surface area contributed by atoms with Crippen molar-refractivity contribution in [3.05, 3.63) is 12.2 Å². The van der Waals surface area contributed by atoms with E-state index < -0.39 is 0 Å². The molecule has 0 radical (unpaired) electrons. The third-order valence-corrected chi connectivity index (χ3v) is 4.01. The van der Waals surface area contributed by atoms with Crippen LogP contribution in [0.25, 0.3) is 0 Å². The molecule has 0 aromatic carbocycles. The fourth-order valence-corrected chi connectivity index (χ4v) is 1.15. The van der Waals surface area contributed by atoms with Crippen LogP contribution in [0.15, 0.2) is 12.2 Å². The first-order valence-corrected chi connectivity index (χ1v) is 12.6. The number of allylic oxidation sites excluding steroid dienone is 2. The van der Waals surface area contributed by atoms with Crippen LogP contribution >= 0.6 is 0 Å². The molecule has 0 rings (SSSR count). The summed E-state index contributed by atoms with van der Waals surface area (Å²) in [4.78, 5) is 0. The van der Waals surface area contributed by atoms with Gasteiger partial charge in [-0.3, -0.25) is 0 Å². The third kappa shape index (κ3) is 72.5. The lowest BCUT2D eigenvalue weighted by atomic mass is 9.88. The van der Waals surface area contributed by atoms with E-state index in [-0.39, 0.29) is 0 Å². The molecule has 0 heterocycles. The molecule has 0 nitrogen and oxygen atoms in total. The number of hydrogen-bond donors (Lipinski definition) is 0.